The summed E-state index contributed by atoms with van der Waals surface area (Å²) in [5, 5.41) is 9.08. The molecule has 6 nitrogen and oxygen atoms in total. The summed E-state index contributed by atoms with van der Waals surface area (Å²) in [7, 11) is -3.43. The van der Waals surface area contributed by atoms with Crippen molar-refractivity contribution in [3.63, 3.8) is 0 Å². The minimum atomic E-state index is -3.43. The van der Waals surface area contributed by atoms with Gasteiger partial charge in [0, 0.05) is 18.7 Å². The molecule has 116 valence electrons. The van der Waals surface area contributed by atoms with Crippen molar-refractivity contribution >= 4 is 27.2 Å². The molecule has 8 heteroatoms. The van der Waals surface area contributed by atoms with Gasteiger partial charge in [-0.05, 0) is 5.56 Å². The van der Waals surface area contributed by atoms with Crippen molar-refractivity contribution in [3.8, 4) is 0 Å². The number of aliphatic hydroxyl groups excluding tert-OH is 1. The van der Waals surface area contributed by atoms with Gasteiger partial charge >= 0.3 is 0 Å². The van der Waals surface area contributed by atoms with E-state index in [1.165, 1.54) is 4.31 Å². The number of benzene rings is 1. The minimum absolute atomic E-state index is 0.0945. The second-order valence-corrected chi connectivity index (χ2v) is 7.26. The summed E-state index contributed by atoms with van der Waals surface area (Å²) in [5.74, 6) is -0.0945. The summed E-state index contributed by atoms with van der Waals surface area (Å²) in [6.07, 6.45) is -0.453. The van der Waals surface area contributed by atoms with E-state index in [1.807, 2.05) is 0 Å². The van der Waals surface area contributed by atoms with Crippen LogP contribution in [0.2, 0.25) is 0 Å². The molecule has 1 aliphatic heterocycles. The fourth-order valence-corrected chi connectivity index (χ4v) is 3.80. The van der Waals surface area contributed by atoms with Crippen LogP contribution >= 0.6 is 12.2 Å². The Morgan fingerprint density at radius 3 is 2.67 bits per heavy atom. The fourth-order valence-electron chi connectivity index (χ4n) is 2.12. The maximum Gasteiger partial charge on any atom is 0.218 e. The van der Waals surface area contributed by atoms with E-state index in [4.69, 9.17) is 27.8 Å². The Kier molecular flexibility index (Phi) is 5.28. The summed E-state index contributed by atoms with van der Waals surface area (Å²) in [6, 6.07) is 6.83. The molecule has 0 amide bonds. The van der Waals surface area contributed by atoms with Crippen LogP contribution in [0.1, 0.15) is 11.1 Å². The fraction of sp³-hybridized carbons (Fsp3) is 0.462. The van der Waals surface area contributed by atoms with Crippen LogP contribution in [-0.4, -0.2) is 55.2 Å². The maximum atomic E-state index is 12.4. The third kappa shape index (κ3) is 4.21. The topological polar surface area (TPSA) is 92.9 Å². The zero-order valence-electron chi connectivity index (χ0n) is 11.4. The Morgan fingerprint density at radius 1 is 1.43 bits per heavy atom. The number of ether oxygens (including phenoxy) is 1. The van der Waals surface area contributed by atoms with E-state index in [0.29, 0.717) is 24.3 Å². The highest BCUT2D eigenvalue weighted by Crippen LogP contribution is 2.15. The zero-order valence-corrected chi connectivity index (χ0v) is 13.1. The molecule has 0 radical (unpaired) electrons. The molecule has 1 aromatic rings. The van der Waals surface area contributed by atoms with E-state index in [-0.39, 0.29) is 23.9 Å². The lowest BCUT2D eigenvalue weighted by Crippen LogP contribution is -2.47. The predicted molar refractivity (Wildman–Crippen MR) is 83.4 cm³/mol. The molecule has 21 heavy (non-hydrogen) atoms. The highest BCUT2D eigenvalue weighted by atomic mass is 32.2. The molecule has 1 atom stereocenters. The smallest absolute Gasteiger partial charge is 0.218 e. The molecule has 1 heterocycles. The van der Waals surface area contributed by atoms with E-state index in [0.717, 1.165) is 0 Å². The van der Waals surface area contributed by atoms with Gasteiger partial charge in [-0.1, -0.05) is 36.5 Å². The van der Waals surface area contributed by atoms with E-state index in [9.17, 15) is 8.42 Å². The van der Waals surface area contributed by atoms with Gasteiger partial charge in [-0.15, -0.1) is 0 Å². The molecular formula is C13H18N2O4S2. The highest BCUT2D eigenvalue weighted by Gasteiger charge is 2.29. The van der Waals surface area contributed by atoms with E-state index < -0.39 is 16.1 Å². The number of thiocarbonyl (C=S) groups is 1. The lowest BCUT2D eigenvalue weighted by molar-refractivity contribution is -0.0305. The molecule has 0 saturated carbocycles. The molecule has 0 aliphatic carbocycles. The molecule has 0 aromatic heterocycles. The van der Waals surface area contributed by atoms with Gasteiger partial charge < -0.3 is 15.6 Å². The molecule has 1 saturated heterocycles. The largest absolute Gasteiger partial charge is 0.394 e. The SMILES string of the molecule is NC(=S)c1ccc(CS(=O)(=O)N2CCOC(CO)C2)cc1. The van der Waals surface area contributed by atoms with Crippen molar-refractivity contribution in [2.75, 3.05) is 26.3 Å². The number of hydrogen-bond donors (Lipinski definition) is 2. The van der Waals surface area contributed by atoms with Gasteiger partial charge in [-0.25, -0.2) is 8.42 Å². The molecule has 1 fully saturated rings. The number of aliphatic hydroxyl groups is 1. The molecule has 1 aliphatic rings. The van der Waals surface area contributed by atoms with Gasteiger partial charge in [-0.3, -0.25) is 0 Å². The standard InChI is InChI=1S/C13H18N2O4S2/c14-13(20)11-3-1-10(2-4-11)9-21(17,18)15-5-6-19-12(7-15)8-16/h1-4,12,16H,5-9H2,(H2,14,20). The van der Waals surface area contributed by atoms with E-state index >= 15 is 0 Å². The lowest BCUT2D eigenvalue weighted by Gasteiger charge is -2.31. The number of nitrogens with zero attached hydrogens (tertiary/aromatic N) is 1. The number of rotatable bonds is 5. The van der Waals surface area contributed by atoms with Gasteiger partial charge in [0.25, 0.3) is 0 Å². The summed E-state index contributed by atoms with van der Waals surface area (Å²) >= 11 is 4.86. The van der Waals surface area contributed by atoms with Gasteiger partial charge in [0.05, 0.1) is 25.1 Å². The first-order valence-corrected chi connectivity index (χ1v) is 8.53. The molecule has 1 unspecified atom stereocenters. The first-order chi connectivity index (χ1) is 9.92. The van der Waals surface area contributed by atoms with Crippen LogP contribution in [0, 0.1) is 0 Å². The van der Waals surface area contributed by atoms with Crippen molar-refractivity contribution in [2.45, 2.75) is 11.9 Å². The molecule has 0 bridgehead atoms. The first kappa shape index (κ1) is 16.3. The average molecular weight is 330 g/mol. The van der Waals surface area contributed by atoms with Crippen molar-refractivity contribution in [1.29, 1.82) is 0 Å². The number of sulfonamides is 1. The summed E-state index contributed by atoms with van der Waals surface area (Å²) in [6.45, 7) is 0.604. The molecule has 0 spiro atoms. The quantitative estimate of drug-likeness (QED) is 0.729. The van der Waals surface area contributed by atoms with Crippen molar-refractivity contribution < 1.29 is 18.3 Å². The summed E-state index contributed by atoms with van der Waals surface area (Å²) < 4.78 is 31.4. The van der Waals surface area contributed by atoms with Crippen LogP contribution < -0.4 is 5.73 Å². The third-order valence-electron chi connectivity index (χ3n) is 3.29. The number of morpholine rings is 1. The Labute approximate surface area is 129 Å². The van der Waals surface area contributed by atoms with Gasteiger partial charge in [-0.2, -0.15) is 4.31 Å². The Morgan fingerprint density at radius 2 is 2.10 bits per heavy atom. The van der Waals surface area contributed by atoms with Gasteiger partial charge in [0.1, 0.15) is 4.99 Å². The van der Waals surface area contributed by atoms with Crippen molar-refractivity contribution in [1.82, 2.24) is 4.31 Å². The predicted octanol–water partition coefficient (Wildman–Crippen LogP) is -0.156. The Bertz CT molecular complexity index is 601. The average Bonchev–Trinajstić information content (AvgIpc) is 2.47. The number of nitrogens with two attached hydrogens (primary N) is 1. The summed E-state index contributed by atoms with van der Waals surface area (Å²) in [5.41, 5.74) is 6.88. The van der Waals surface area contributed by atoms with E-state index in [1.54, 1.807) is 24.3 Å². The molecular weight excluding hydrogens is 312 g/mol. The Hall–Kier alpha value is -1.06. The van der Waals surface area contributed by atoms with Crippen molar-refractivity contribution in [3.05, 3.63) is 35.4 Å². The minimum Gasteiger partial charge on any atom is -0.394 e. The highest BCUT2D eigenvalue weighted by molar-refractivity contribution is 7.88. The molecule has 2 rings (SSSR count). The van der Waals surface area contributed by atoms with Gasteiger partial charge in [0.2, 0.25) is 10.0 Å². The van der Waals surface area contributed by atoms with Crippen LogP contribution in [-0.2, 0) is 20.5 Å². The first-order valence-electron chi connectivity index (χ1n) is 6.51. The zero-order chi connectivity index (χ0) is 15.5. The normalized spacial score (nSPS) is 20.3. The second kappa shape index (κ2) is 6.80. The van der Waals surface area contributed by atoms with Crippen LogP contribution in [0.3, 0.4) is 0 Å². The maximum absolute atomic E-state index is 12.4. The second-order valence-electron chi connectivity index (χ2n) is 4.85. The number of hydrogen-bond acceptors (Lipinski definition) is 5. The van der Waals surface area contributed by atoms with E-state index in [2.05, 4.69) is 0 Å². The van der Waals surface area contributed by atoms with Crippen LogP contribution in [0.15, 0.2) is 24.3 Å². The van der Waals surface area contributed by atoms with Crippen LogP contribution in [0.4, 0.5) is 0 Å². The third-order valence-corrected chi connectivity index (χ3v) is 5.34. The van der Waals surface area contributed by atoms with Crippen LogP contribution in [0.5, 0.6) is 0 Å². The lowest BCUT2D eigenvalue weighted by atomic mass is 10.1. The molecule has 3 N–H and O–H groups in total. The molecule has 1 aromatic carbocycles. The van der Waals surface area contributed by atoms with Crippen LogP contribution in [0.25, 0.3) is 0 Å². The van der Waals surface area contributed by atoms with Gasteiger partial charge in [0.15, 0.2) is 0 Å². The summed E-state index contributed by atoms with van der Waals surface area (Å²) in [4.78, 5) is 0.281. The van der Waals surface area contributed by atoms with Crippen molar-refractivity contribution in [2.24, 2.45) is 5.73 Å². The monoisotopic (exact) mass is 330 g/mol. The Balaban J connectivity index is 2.08.